The fourth-order valence-corrected chi connectivity index (χ4v) is 1.85. The van der Waals surface area contributed by atoms with Crippen molar-refractivity contribution in [2.45, 2.75) is 6.42 Å². The average molecular weight is 344 g/mol. The van der Waals surface area contributed by atoms with Crippen molar-refractivity contribution in [2.24, 2.45) is 10.9 Å². The van der Waals surface area contributed by atoms with E-state index in [0.29, 0.717) is 5.56 Å². The van der Waals surface area contributed by atoms with Gasteiger partial charge < -0.3 is 10.6 Å². The number of nitrogens with two attached hydrogens (primary N) is 1. The normalized spacial score (nSPS) is 11.0. The van der Waals surface area contributed by atoms with Gasteiger partial charge in [0.15, 0.2) is 0 Å². The number of nitro groups is 2. The van der Waals surface area contributed by atoms with Crippen LogP contribution in [0.2, 0.25) is 0 Å². The molecule has 0 heterocycles. The Hall–Kier alpha value is -3.82. The van der Waals surface area contributed by atoms with E-state index in [9.17, 15) is 25.0 Å². The Balaban J connectivity index is 1.96. The van der Waals surface area contributed by atoms with Crippen molar-refractivity contribution in [1.29, 1.82) is 0 Å². The Labute approximate surface area is 140 Å². The van der Waals surface area contributed by atoms with Gasteiger partial charge in [-0.25, -0.2) is 4.79 Å². The minimum Gasteiger partial charge on any atom is -0.384 e. The molecule has 0 aromatic heterocycles. The number of hydrogen-bond acceptors (Lipinski definition) is 7. The number of non-ortho nitro benzene ring substituents is 2. The maximum Gasteiger partial charge on any atom is 0.365 e. The van der Waals surface area contributed by atoms with Crippen molar-refractivity contribution >= 4 is 23.2 Å². The molecule has 0 fully saturated rings. The van der Waals surface area contributed by atoms with Crippen molar-refractivity contribution in [2.75, 3.05) is 0 Å². The van der Waals surface area contributed by atoms with Gasteiger partial charge in [-0.1, -0.05) is 17.3 Å². The zero-order valence-electron chi connectivity index (χ0n) is 12.7. The van der Waals surface area contributed by atoms with Crippen molar-refractivity contribution in [3.05, 3.63) is 79.9 Å². The fraction of sp³-hybridized carbons (Fsp3) is 0.0667. The first-order chi connectivity index (χ1) is 11.9. The van der Waals surface area contributed by atoms with Crippen LogP contribution in [0, 0.1) is 20.2 Å². The first-order valence-corrected chi connectivity index (χ1v) is 6.88. The molecule has 0 unspecified atom stereocenters. The van der Waals surface area contributed by atoms with Crippen molar-refractivity contribution in [3.63, 3.8) is 0 Å². The lowest BCUT2D eigenvalue weighted by molar-refractivity contribution is -0.385. The van der Waals surface area contributed by atoms with Crippen LogP contribution in [-0.4, -0.2) is 21.7 Å². The highest BCUT2D eigenvalue weighted by Gasteiger charge is 2.11. The second-order valence-electron chi connectivity index (χ2n) is 4.87. The van der Waals surface area contributed by atoms with Crippen LogP contribution >= 0.6 is 0 Å². The van der Waals surface area contributed by atoms with E-state index in [4.69, 9.17) is 5.73 Å². The van der Waals surface area contributed by atoms with Gasteiger partial charge in [-0.15, -0.1) is 0 Å². The van der Waals surface area contributed by atoms with E-state index in [1.165, 1.54) is 48.5 Å². The molecule has 2 N–H and O–H groups in total. The van der Waals surface area contributed by atoms with Crippen LogP contribution < -0.4 is 5.73 Å². The van der Waals surface area contributed by atoms with E-state index in [2.05, 4.69) is 9.99 Å². The van der Waals surface area contributed by atoms with Gasteiger partial charge in [-0.05, 0) is 17.7 Å². The third kappa shape index (κ3) is 4.82. The molecule has 10 heteroatoms. The maximum absolute atomic E-state index is 11.8. The summed E-state index contributed by atoms with van der Waals surface area (Å²) in [5.74, 6) is -0.828. The molecule has 10 nitrogen and oxygen atoms in total. The second kappa shape index (κ2) is 7.64. The zero-order valence-corrected chi connectivity index (χ0v) is 12.7. The number of rotatable bonds is 6. The second-order valence-corrected chi connectivity index (χ2v) is 4.87. The molecule has 2 rings (SSSR count). The summed E-state index contributed by atoms with van der Waals surface area (Å²) in [5, 5.41) is 24.6. The van der Waals surface area contributed by atoms with E-state index in [1.807, 2.05) is 0 Å². The minimum atomic E-state index is -0.818. The van der Waals surface area contributed by atoms with E-state index in [-0.39, 0.29) is 29.2 Å². The largest absolute Gasteiger partial charge is 0.384 e. The van der Waals surface area contributed by atoms with Crippen LogP contribution in [0.5, 0.6) is 0 Å². The summed E-state index contributed by atoms with van der Waals surface area (Å²) < 4.78 is 0. The maximum atomic E-state index is 11.8. The van der Waals surface area contributed by atoms with E-state index in [0.717, 1.165) is 0 Å². The molecule has 0 aliphatic rings. The van der Waals surface area contributed by atoms with Gasteiger partial charge in [-0.2, -0.15) is 0 Å². The number of nitrogens with zero attached hydrogens (tertiary/aromatic N) is 3. The number of hydrogen-bond donors (Lipinski definition) is 1. The summed E-state index contributed by atoms with van der Waals surface area (Å²) in [7, 11) is 0. The minimum absolute atomic E-state index is 0.0101. The van der Waals surface area contributed by atoms with Gasteiger partial charge >= 0.3 is 5.97 Å². The Bertz CT molecular complexity index is 830. The number of nitro benzene ring substituents is 2. The molecule has 2 aromatic carbocycles. The molecule has 0 saturated heterocycles. The first-order valence-electron chi connectivity index (χ1n) is 6.88. The van der Waals surface area contributed by atoms with Crippen molar-refractivity contribution < 1.29 is 19.5 Å². The van der Waals surface area contributed by atoms with Gasteiger partial charge in [0.1, 0.15) is 5.84 Å². The summed E-state index contributed by atoms with van der Waals surface area (Å²) in [4.78, 5) is 36.4. The number of oxime groups is 1. The number of benzene rings is 2. The van der Waals surface area contributed by atoms with Crippen LogP contribution in [0.3, 0.4) is 0 Å². The van der Waals surface area contributed by atoms with Gasteiger partial charge in [0, 0.05) is 30.7 Å². The SMILES string of the molecule is N/C(Cc1ccc([N+](=O)[O-])cc1)=N\OC(=O)c1ccc([N+](=O)[O-])cc1. The molecular formula is C15H12N4O6. The zero-order chi connectivity index (χ0) is 18.4. The molecule has 0 aliphatic carbocycles. The van der Waals surface area contributed by atoms with E-state index in [1.54, 1.807) is 0 Å². The molecule has 0 saturated carbocycles. The quantitative estimate of drug-likeness (QED) is 0.277. The third-order valence-corrected chi connectivity index (χ3v) is 3.09. The Morgan fingerprint density at radius 2 is 1.44 bits per heavy atom. The van der Waals surface area contributed by atoms with Crippen LogP contribution in [0.1, 0.15) is 15.9 Å². The average Bonchev–Trinajstić information content (AvgIpc) is 2.60. The summed E-state index contributed by atoms with van der Waals surface area (Å²) in [5.41, 5.74) is 6.17. The standard InChI is InChI=1S/C15H12N4O6/c16-14(9-10-1-5-12(6-2-10)18(21)22)17-25-15(20)11-3-7-13(8-4-11)19(23)24/h1-8H,9H2,(H2,16,17). The van der Waals surface area contributed by atoms with E-state index < -0.39 is 15.8 Å². The number of carbonyl (C=O) groups is 1. The predicted octanol–water partition coefficient (Wildman–Crippen LogP) is 2.17. The monoisotopic (exact) mass is 344 g/mol. The molecule has 0 amide bonds. The molecule has 0 aliphatic heterocycles. The first kappa shape index (κ1) is 17.5. The topological polar surface area (TPSA) is 151 Å². The lowest BCUT2D eigenvalue weighted by Crippen LogP contribution is -2.16. The molecule has 0 bridgehead atoms. The van der Waals surface area contributed by atoms with Crippen molar-refractivity contribution in [3.8, 4) is 0 Å². The van der Waals surface area contributed by atoms with Gasteiger partial charge in [0.25, 0.3) is 11.4 Å². The molecule has 0 spiro atoms. The Morgan fingerprint density at radius 1 is 0.960 bits per heavy atom. The number of amidine groups is 1. The highest BCUT2D eigenvalue weighted by molar-refractivity contribution is 5.90. The Kier molecular flexibility index (Phi) is 5.36. The Morgan fingerprint density at radius 3 is 1.92 bits per heavy atom. The van der Waals surface area contributed by atoms with Crippen molar-refractivity contribution in [1.82, 2.24) is 0 Å². The van der Waals surface area contributed by atoms with Crippen LogP contribution in [0.4, 0.5) is 11.4 Å². The molecule has 0 radical (unpaired) electrons. The van der Waals surface area contributed by atoms with Gasteiger partial charge in [0.2, 0.25) is 0 Å². The summed E-state index contributed by atoms with van der Waals surface area (Å²) in [6.07, 6.45) is 0.130. The van der Waals surface area contributed by atoms with Crippen LogP contribution in [0.15, 0.2) is 53.7 Å². The number of carbonyl (C=O) groups excluding carboxylic acids is 1. The summed E-state index contributed by atoms with van der Waals surface area (Å²) in [6, 6.07) is 10.5. The molecule has 25 heavy (non-hydrogen) atoms. The lowest BCUT2D eigenvalue weighted by Gasteiger charge is -2.02. The predicted molar refractivity (Wildman–Crippen MR) is 86.9 cm³/mol. The lowest BCUT2D eigenvalue weighted by atomic mass is 10.1. The molecule has 2 aromatic rings. The van der Waals surface area contributed by atoms with Crippen LogP contribution in [0.25, 0.3) is 0 Å². The molecule has 0 atom stereocenters. The summed E-state index contributed by atoms with van der Waals surface area (Å²) in [6.45, 7) is 0. The highest BCUT2D eigenvalue weighted by Crippen LogP contribution is 2.14. The molecule has 128 valence electrons. The fourth-order valence-electron chi connectivity index (χ4n) is 1.85. The third-order valence-electron chi connectivity index (χ3n) is 3.09. The summed E-state index contributed by atoms with van der Waals surface area (Å²) >= 11 is 0. The highest BCUT2D eigenvalue weighted by atomic mass is 16.7. The van der Waals surface area contributed by atoms with Crippen LogP contribution in [-0.2, 0) is 11.3 Å². The van der Waals surface area contributed by atoms with Gasteiger partial charge in [-0.3, -0.25) is 20.2 Å². The molecular weight excluding hydrogens is 332 g/mol. The smallest absolute Gasteiger partial charge is 0.365 e. The van der Waals surface area contributed by atoms with E-state index >= 15 is 0 Å². The van der Waals surface area contributed by atoms with Gasteiger partial charge in [0.05, 0.1) is 15.4 Å².